The average Bonchev–Trinajstić information content (AvgIpc) is 3.43. The van der Waals surface area contributed by atoms with E-state index in [9.17, 15) is 19.5 Å². The zero-order chi connectivity index (χ0) is 25.8. The number of benzene rings is 2. The number of anilines is 1. The number of ether oxygens (including phenoxy) is 1. The summed E-state index contributed by atoms with van der Waals surface area (Å²) < 4.78 is 6.60. The highest BCUT2D eigenvalue weighted by molar-refractivity contribution is 6.04. The topological polar surface area (TPSA) is 108 Å². The van der Waals surface area contributed by atoms with Gasteiger partial charge in [-0.05, 0) is 50.3 Å². The monoisotopic (exact) mass is 491 g/mol. The van der Waals surface area contributed by atoms with Gasteiger partial charge in [-0.25, -0.2) is 0 Å². The Balaban J connectivity index is 1.64. The molecule has 0 radical (unpaired) electrons. The molecule has 3 heterocycles. The molecule has 2 aromatic rings. The molecule has 0 aliphatic carbocycles. The van der Waals surface area contributed by atoms with Crippen LogP contribution in [0.2, 0.25) is 0 Å². The van der Waals surface area contributed by atoms with E-state index in [1.54, 1.807) is 7.05 Å². The van der Waals surface area contributed by atoms with Gasteiger partial charge < -0.3 is 25.4 Å². The molecule has 5 rings (SSSR count). The van der Waals surface area contributed by atoms with Crippen molar-refractivity contribution in [2.75, 3.05) is 19.0 Å². The minimum atomic E-state index is -1.16. The summed E-state index contributed by atoms with van der Waals surface area (Å²) in [5.74, 6) is -2.52. The predicted octanol–water partition coefficient (Wildman–Crippen LogP) is 2.49. The van der Waals surface area contributed by atoms with Crippen molar-refractivity contribution in [1.29, 1.82) is 0 Å². The predicted molar refractivity (Wildman–Crippen MR) is 134 cm³/mol. The highest BCUT2D eigenvalue weighted by Gasteiger charge is 2.78. The van der Waals surface area contributed by atoms with Crippen LogP contribution in [0.1, 0.15) is 42.5 Å². The van der Waals surface area contributed by atoms with Crippen LogP contribution in [0, 0.1) is 25.7 Å². The number of fused-ring (bicyclic) bond motifs is 1. The number of carbonyl (C=O) groups excluding carboxylic acids is 3. The van der Waals surface area contributed by atoms with Gasteiger partial charge in [0.2, 0.25) is 17.7 Å². The fourth-order valence-corrected chi connectivity index (χ4v) is 6.79. The van der Waals surface area contributed by atoms with Crippen molar-refractivity contribution in [1.82, 2.24) is 10.2 Å². The zero-order valence-corrected chi connectivity index (χ0v) is 21.1. The lowest BCUT2D eigenvalue weighted by molar-refractivity contribution is -0.148. The first kappa shape index (κ1) is 24.5. The third-order valence-electron chi connectivity index (χ3n) is 8.41. The molecule has 3 saturated heterocycles. The first-order valence-corrected chi connectivity index (χ1v) is 12.5. The molecule has 2 unspecified atom stereocenters. The Labute approximate surface area is 211 Å². The second-order valence-electron chi connectivity index (χ2n) is 10.5. The summed E-state index contributed by atoms with van der Waals surface area (Å²) in [6, 6.07) is 13.2. The van der Waals surface area contributed by atoms with Gasteiger partial charge in [-0.2, -0.15) is 0 Å². The van der Waals surface area contributed by atoms with Gasteiger partial charge in [0.15, 0.2) is 0 Å². The van der Waals surface area contributed by atoms with Gasteiger partial charge in [0, 0.05) is 12.7 Å². The summed E-state index contributed by atoms with van der Waals surface area (Å²) in [6.07, 6.45) is 1.03. The Hall–Kier alpha value is -3.23. The number of carbonyl (C=O) groups is 3. The average molecular weight is 492 g/mol. The van der Waals surface area contributed by atoms with Gasteiger partial charge in [0.25, 0.3) is 0 Å². The molecule has 3 N–H and O–H groups in total. The molecule has 0 aromatic heterocycles. The highest BCUT2D eigenvalue weighted by atomic mass is 16.5. The molecule has 3 fully saturated rings. The Morgan fingerprint density at radius 1 is 1.08 bits per heavy atom. The molecular weight excluding hydrogens is 458 g/mol. The van der Waals surface area contributed by atoms with Crippen molar-refractivity contribution in [2.24, 2.45) is 11.8 Å². The van der Waals surface area contributed by atoms with E-state index in [1.165, 1.54) is 4.90 Å². The summed E-state index contributed by atoms with van der Waals surface area (Å²) in [6.45, 7) is 5.33. The molecule has 3 aliphatic rings. The van der Waals surface area contributed by atoms with E-state index in [4.69, 9.17) is 4.74 Å². The van der Waals surface area contributed by atoms with E-state index >= 15 is 0 Å². The molecule has 2 aromatic carbocycles. The minimum absolute atomic E-state index is 0.270. The van der Waals surface area contributed by atoms with Gasteiger partial charge >= 0.3 is 0 Å². The maximum absolute atomic E-state index is 14.2. The molecule has 3 aliphatic heterocycles. The molecule has 190 valence electrons. The summed E-state index contributed by atoms with van der Waals surface area (Å²) in [5.41, 5.74) is 1.21. The molecule has 3 amide bonds. The van der Waals surface area contributed by atoms with Crippen molar-refractivity contribution in [3.8, 4) is 0 Å². The van der Waals surface area contributed by atoms with Crippen LogP contribution in [-0.2, 0) is 19.1 Å². The number of hydrogen-bond acceptors (Lipinski definition) is 5. The van der Waals surface area contributed by atoms with E-state index in [2.05, 4.69) is 10.6 Å². The van der Waals surface area contributed by atoms with Crippen LogP contribution in [0.3, 0.4) is 0 Å². The van der Waals surface area contributed by atoms with E-state index in [0.717, 1.165) is 11.1 Å². The molecule has 1 spiro atoms. The Kier molecular flexibility index (Phi) is 5.92. The molecule has 6 atom stereocenters. The molecule has 36 heavy (non-hydrogen) atoms. The maximum Gasteiger partial charge on any atom is 0.250 e. The Bertz CT molecular complexity index is 1200. The summed E-state index contributed by atoms with van der Waals surface area (Å²) >= 11 is 0. The van der Waals surface area contributed by atoms with Crippen LogP contribution in [0.15, 0.2) is 48.5 Å². The van der Waals surface area contributed by atoms with Crippen LogP contribution in [-0.4, -0.2) is 58.6 Å². The quantitative estimate of drug-likeness (QED) is 0.576. The Morgan fingerprint density at radius 2 is 1.75 bits per heavy atom. The lowest BCUT2D eigenvalue weighted by Crippen LogP contribution is -2.54. The van der Waals surface area contributed by atoms with Crippen LogP contribution in [0.4, 0.5) is 5.69 Å². The number of aliphatic hydroxyl groups excluding tert-OH is 1. The van der Waals surface area contributed by atoms with Crippen LogP contribution < -0.4 is 10.6 Å². The number of nitrogens with zero attached hydrogens (tertiary/aromatic N) is 1. The van der Waals surface area contributed by atoms with Crippen molar-refractivity contribution < 1.29 is 24.2 Å². The van der Waals surface area contributed by atoms with Gasteiger partial charge in [-0.15, -0.1) is 0 Å². The number of aliphatic hydroxyl groups is 1. The lowest BCUT2D eigenvalue weighted by Gasteiger charge is -2.37. The Morgan fingerprint density at radius 3 is 2.36 bits per heavy atom. The second kappa shape index (κ2) is 8.71. The van der Waals surface area contributed by atoms with Crippen molar-refractivity contribution >= 4 is 23.4 Å². The largest absolute Gasteiger partial charge is 0.394 e. The SMILES string of the molecule is CNC(=O)[C@H]1[C@H]2C(=O)N([C@H](CO)c3ccccc3)C(C(=O)Nc3c(C)cccc3C)C23CC[C@]1(C)O3. The van der Waals surface area contributed by atoms with E-state index in [0.29, 0.717) is 24.1 Å². The maximum atomic E-state index is 14.2. The zero-order valence-electron chi connectivity index (χ0n) is 21.1. The summed E-state index contributed by atoms with van der Waals surface area (Å²) in [4.78, 5) is 42.9. The van der Waals surface area contributed by atoms with Crippen molar-refractivity contribution in [3.05, 3.63) is 65.2 Å². The molecule has 2 bridgehead atoms. The van der Waals surface area contributed by atoms with Crippen LogP contribution in [0.25, 0.3) is 0 Å². The van der Waals surface area contributed by atoms with E-state index in [1.807, 2.05) is 69.3 Å². The van der Waals surface area contributed by atoms with Crippen LogP contribution >= 0.6 is 0 Å². The first-order chi connectivity index (χ1) is 17.2. The van der Waals surface area contributed by atoms with Crippen LogP contribution in [0.5, 0.6) is 0 Å². The highest BCUT2D eigenvalue weighted by Crippen LogP contribution is 2.64. The third-order valence-corrected chi connectivity index (χ3v) is 8.41. The number of amides is 3. The normalized spacial score (nSPS) is 31.3. The number of nitrogens with one attached hydrogen (secondary N) is 2. The third kappa shape index (κ3) is 3.38. The fourth-order valence-electron chi connectivity index (χ4n) is 6.79. The second-order valence-corrected chi connectivity index (χ2v) is 10.5. The summed E-state index contributed by atoms with van der Waals surface area (Å²) in [7, 11) is 1.55. The van der Waals surface area contributed by atoms with E-state index < -0.39 is 35.1 Å². The number of hydrogen-bond donors (Lipinski definition) is 3. The number of likely N-dealkylation sites (tertiary alicyclic amines) is 1. The van der Waals surface area contributed by atoms with Gasteiger partial charge in [0.05, 0.1) is 30.1 Å². The number of aryl methyl sites for hydroxylation is 2. The molecular formula is C28H33N3O5. The molecule has 8 nitrogen and oxygen atoms in total. The molecule has 0 saturated carbocycles. The first-order valence-electron chi connectivity index (χ1n) is 12.5. The minimum Gasteiger partial charge on any atom is -0.394 e. The van der Waals surface area contributed by atoms with E-state index in [-0.39, 0.29) is 24.3 Å². The van der Waals surface area contributed by atoms with Gasteiger partial charge in [0.1, 0.15) is 11.6 Å². The molecule has 8 heteroatoms. The number of para-hydroxylation sites is 1. The van der Waals surface area contributed by atoms with Crippen molar-refractivity contribution in [3.63, 3.8) is 0 Å². The number of rotatable bonds is 6. The smallest absolute Gasteiger partial charge is 0.250 e. The fraction of sp³-hybridized carbons (Fsp3) is 0.464. The summed E-state index contributed by atoms with van der Waals surface area (Å²) in [5, 5.41) is 16.3. The van der Waals surface area contributed by atoms with Gasteiger partial charge in [-0.3, -0.25) is 14.4 Å². The standard InChI is InChI=1S/C28H33N3O5/c1-16-9-8-10-17(2)22(16)30-25(34)23-28-14-13-27(3,36-28)20(24(33)29-4)21(28)26(35)31(23)19(15-32)18-11-6-5-7-12-18/h5-12,19-21,23,32H,13-15H2,1-4H3,(H,29,33)(H,30,34)/t19-,20-,21+,23?,27+,28?/m1/s1. The lowest BCUT2D eigenvalue weighted by atomic mass is 9.66. The van der Waals surface area contributed by atoms with Crippen molar-refractivity contribution in [2.45, 2.75) is 56.9 Å². The van der Waals surface area contributed by atoms with Gasteiger partial charge in [-0.1, -0.05) is 48.5 Å².